The van der Waals surface area contributed by atoms with E-state index in [4.69, 9.17) is 4.74 Å². The van der Waals surface area contributed by atoms with Gasteiger partial charge in [-0.3, -0.25) is 4.79 Å². The van der Waals surface area contributed by atoms with Crippen LogP contribution >= 0.6 is 0 Å². The van der Waals surface area contributed by atoms with E-state index in [1.807, 2.05) is 32.0 Å². The SMILES string of the molecule is CCOc1ccc2c(c1)c(C(C)=O)c(C)n2CCc1ccccc1. The summed E-state index contributed by atoms with van der Waals surface area (Å²) in [6, 6.07) is 16.5. The Morgan fingerprint density at radius 3 is 2.54 bits per heavy atom. The minimum absolute atomic E-state index is 0.101. The summed E-state index contributed by atoms with van der Waals surface area (Å²) < 4.78 is 7.85. The largest absolute Gasteiger partial charge is 0.494 e. The van der Waals surface area contributed by atoms with Crippen molar-refractivity contribution in [2.45, 2.75) is 33.7 Å². The lowest BCUT2D eigenvalue weighted by molar-refractivity contribution is 0.101. The van der Waals surface area contributed by atoms with Gasteiger partial charge in [-0.15, -0.1) is 0 Å². The number of ketones is 1. The maximum atomic E-state index is 12.2. The van der Waals surface area contributed by atoms with Crippen molar-refractivity contribution in [1.82, 2.24) is 4.57 Å². The quantitative estimate of drug-likeness (QED) is 0.611. The average molecular weight is 321 g/mol. The summed E-state index contributed by atoms with van der Waals surface area (Å²) >= 11 is 0. The maximum absolute atomic E-state index is 12.2. The van der Waals surface area contributed by atoms with Crippen molar-refractivity contribution in [2.75, 3.05) is 6.61 Å². The lowest BCUT2D eigenvalue weighted by atomic mass is 10.1. The highest BCUT2D eigenvalue weighted by atomic mass is 16.5. The Labute approximate surface area is 142 Å². The molecule has 2 aromatic carbocycles. The molecule has 1 aromatic heterocycles. The molecule has 0 fully saturated rings. The van der Waals surface area contributed by atoms with Crippen molar-refractivity contribution in [2.24, 2.45) is 0 Å². The molecule has 0 saturated heterocycles. The molecule has 3 heteroatoms. The molecule has 0 aliphatic rings. The van der Waals surface area contributed by atoms with Gasteiger partial charge in [0, 0.05) is 28.7 Å². The van der Waals surface area contributed by atoms with Crippen LogP contribution in [0.1, 0.15) is 35.5 Å². The van der Waals surface area contributed by atoms with Crippen LogP contribution < -0.4 is 4.74 Å². The van der Waals surface area contributed by atoms with Crippen LogP contribution in [0.3, 0.4) is 0 Å². The number of carbonyl (C=O) groups excluding carboxylic acids is 1. The van der Waals surface area contributed by atoms with Crippen molar-refractivity contribution in [3.05, 3.63) is 65.4 Å². The zero-order valence-corrected chi connectivity index (χ0v) is 14.5. The smallest absolute Gasteiger partial charge is 0.162 e. The molecule has 3 aromatic rings. The summed E-state index contributed by atoms with van der Waals surface area (Å²) in [5, 5.41) is 0.985. The van der Waals surface area contributed by atoms with E-state index in [0.29, 0.717) is 6.61 Å². The minimum Gasteiger partial charge on any atom is -0.494 e. The fourth-order valence-corrected chi connectivity index (χ4v) is 3.34. The number of benzene rings is 2. The summed E-state index contributed by atoms with van der Waals surface area (Å²) in [6.45, 7) is 7.10. The lowest BCUT2D eigenvalue weighted by Gasteiger charge is -2.09. The number of ether oxygens (including phenoxy) is 1. The number of aromatic nitrogens is 1. The van der Waals surface area contributed by atoms with E-state index in [1.165, 1.54) is 5.56 Å². The normalized spacial score (nSPS) is 11.0. The van der Waals surface area contributed by atoms with Gasteiger partial charge in [0.15, 0.2) is 5.78 Å². The number of nitrogens with zero attached hydrogens (tertiary/aromatic N) is 1. The van der Waals surface area contributed by atoms with Crippen LogP contribution in [0.15, 0.2) is 48.5 Å². The van der Waals surface area contributed by atoms with Crippen molar-refractivity contribution < 1.29 is 9.53 Å². The first-order valence-corrected chi connectivity index (χ1v) is 8.42. The Kier molecular flexibility index (Phi) is 4.70. The van der Waals surface area contributed by atoms with Crippen molar-refractivity contribution in [3.8, 4) is 5.75 Å². The van der Waals surface area contributed by atoms with Crippen LogP contribution in [0.4, 0.5) is 0 Å². The molecule has 1 heterocycles. The molecule has 0 aliphatic heterocycles. The molecule has 0 amide bonds. The molecule has 0 bridgehead atoms. The highest BCUT2D eigenvalue weighted by Gasteiger charge is 2.17. The van der Waals surface area contributed by atoms with Crippen LogP contribution in [0, 0.1) is 6.92 Å². The average Bonchev–Trinajstić information content (AvgIpc) is 2.85. The standard InChI is InChI=1S/C21H23NO2/c1-4-24-18-10-11-20-19(14-18)21(16(3)23)15(2)22(20)13-12-17-8-6-5-7-9-17/h5-11,14H,4,12-13H2,1-3H3. The van der Waals surface area contributed by atoms with E-state index in [0.717, 1.165) is 40.9 Å². The highest BCUT2D eigenvalue weighted by Crippen LogP contribution is 2.30. The number of rotatable bonds is 6. The van der Waals surface area contributed by atoms with Gasteiger partial charge < -0.3 is 9.30 Å². The second-order valence-electron chi connectivity index (χ2n) is 6.02. The number of fused-ring (bicyclic) bond motifs is 1. The summed E-state index contributed by atoms with van der Waals surface area (Å²) in [7, 11) is 0. The van der Waals surface area contributed by atoms with E-state index in [1.54, 1.807) is 6.92 Å². The molecule has 0 N–H and O–H groups in total. The Hall–Kier alpha value is -2.55. The van der Waals surface area contributed by atoms with E-state index in [2.05, 4.69) is 34.9 Å². The number of hydrogen-bond acceptors (Lipinski definition) is 2. The van der Waals surface area contributed by atoms with Crippen LogP contribution in [0.25, 0.3) is 10.9 Å². The van der Waals surface area contributed by atoms with E-state index in [9.17, 15) is 4.79 Å². The van der Waals surface area contributed by atoms with E-state index in [-0.39, 0.29) is 5.78 Å². The topological polar surface area (TPSA) is 31.2 Å². The Morgan fingerprint density at radius 2 is 1.88 bits per heavy atom. The highest BCUT2D eigenvalue weighted by molar-refractivity contribution is 6.08. The van der Waals surface area contributed by atoms with Gasteiger partial charge in [-0.2, -0.15) is 0 Å². The molecule has 0 radical (unpaired) electrons. The molecule has 24 heavy (non-hydrogen) atoms. The Morgan fingerprint density at radius 1 is 1.12 bits per heavy atom. The van der Waals surface area contributed by atoms with Gasteiger partial charge in [-0.25, -0.2) is 0 Å². The monoisotopic (exact) mass is 321 g/mol. The zero-order chi connectivity index (χ0) is 17.1. The van der Waals surface area contributed by atoms with Gasteiger partial charge in [0.25, 0.3) is 0 Å². The molecular formula is C21H23NO2. The van der Waals surface area contributed by atoms with E-state index < -0.39 is 0 Å². The van der Waals surface area contributed by atoms with Gasteiger partial charge in [0.1, 0.15) is 5.75 Å². The third kappa shape index (κ3) is 3.07. The third-order valence-corrected chi connectivity index (χ3v) is 4.42. The van der Waals surface area contributed by atoms with Crippen molar-refractivity contribution >= 4 is 16.7 Å². The molecule has 0 atom stereocenters. The van der Waals surface area contributed by atoms with Gasteiger partial charge in [0.2, 0.25) is 0 Å². The summed E-state index contributed by atoms with van der Waals surface area (Å²) in [6.07, 6.45) is 0.940. The third-order valence-electron chi connectivity index (χ3n) is 4.42. The van der Waals surface area contributed by atoms with Crippen molar-refractivity contribution in [1.29, 1.82) is 0 Å². The van der Waals surface area contributed by atoms with Gasteiger partial charge in [-0.05, 0) is 51.0 Å². The summed E-state index contributed by atoms with van der Waals surface area (Å²) in [5.41, 5.74) is 4.23. The molecular weight excluding hydrogens is 298 g/mol. The van der Waals surface area contributed by atoms with Crippen LogP contribution in [-0.4, -0.2) is 17.0 Å². The molecule has 0 saturated carbocycles. The molecule has 3 nitrogen and oxygen atoms in total. The lowest BCUT2D eigenvalue weighted by Crippen LogP contribution is -2.04. The van der Waals surface area contributed by atoms with Gasteiger partial charge in [0.05, 0.1) is 6.61 Å². The molecule has 0 aliphatic carbocycles. The van der Waals surface area contributed by atoms with Crippen LogP contribution in [-0.2, 0) is 13.0 Å². The second-order valence-corrected chi connectivity index (χ2v) is 6.02. The van der Waals surface area contributed by atoms with Gasteiger partial charge in [-0.1, -0.05) is 30.3 Å². The fourth-order valence-electron chi connectivity index (χ4n) is 3.34. The predicted molar refractivity (Wildman–Crippen MR) is 98.0 cm³/mol. The Balaban J connectivity index is 2.03. The number of hydrogen-bond donors (Lipinski definition) is 0. The molecule has 0 unspecified atom stereocenters. The molecule has 0 spiro atoms. The first kappa shape index (κ1) is 16.3. The van der Waals surface area contributed by atoms with E-state index >= 15 is 0 Å². The first-order chi connectivity index (χ1) is 11.6. The van der Waals surface area contributed by atoms with Crippen LogP contribution in [0.5, 0.6) is 5.75 Å². The molecule has 3 rings (SSSR count). The minimum atomic E-state index is 0.101. The summed E-state index contributed by atoms with van der Waals surface area (Å²) in [5.74, 6) is 0.914. The summed E-state index contributed by atoms with van der Waals surface area (Å²) in [4.78, 5) is 12.2. The number of carbonyl (C=O) groups is 1. The predicted octanol–water partition coefficient (Wildman–Crippen LogP) is 4.79. The maximum Gasteiger partial charge on any atom is 0.162 e. The first-order valence-electron chi connectivity index (χ1n) is 8.42. The number of Topliss-reactive ketones (excluding diaryl/α,β-unsaturated/α-hetero) is 1. The Bertz CT molecular complexity index is 862. The van der Waals surface area contributed by atoms with Gasteiger partial charge >= 0.3 is 0 Å². The fraction of sp³-hybridized carbons (Fsp3) is 0.286. The second kappa shape index (κ2) is 6.91. The van der Waals surface area contributed by atoms with Crippen molar-refractivity contribution in [3.63, 3.8) is 0 Å². The number of aryl methyl sites for hydroxylation is 2. The van der Waals surface area contributed by atoms with Crippen LogP contribution in [0.2, 0.25) is 0 Å². The zero-order valence-electron chi connectivity index (χ0n) is 14.5. The molecule has 124 valence electrons.